The summed E-state index contributed by atoms with van der Waals surface area (Å²) in [4.78, 5) is 23.0. The van der Waals surface area contributed by atoms with Crippen molar-refractivity contribution in [1.29, 1.82) is 0 Å². The van der Waals surface area contributed by atoms with Crippen molar-refractivity contribution in [3.05, 3.63) is 27.0 Å². The Hall–Kier alpha value is -1.45. The number of hydrogen-bond acceptors (Lipinski definition) is 5. The lowest BCUT2D eigenvalue weighted by Gasteiger charge is -2.32. The smallest absolute Gasteiger partial charge is 0.328 e. The molecule has 0 saturated heterocycles. The maximum atomic E-state index is 12.1. The van der Waals surface area contributed by atoms with Crippen molar-refractivity contribution in [2.75, 3.05) is 6.54 Å². The van der Waals surface area contributed by atoms with Crippen molar-refractivity contribution in [3.8, 4) is 0 Å². The van der Waals surface area contributed by atoms with Gasteiger partial charge in [-0.15, -0.1) is 0 Å². The van der Waals surface area contributed by atoms with Crippen molar-refractivity contribution in [2.45, 2.75) is 23.8 Å². The highest BCUT2D eigenvalue weighted by molar-refractivity contribution is 7.89. The number of aromatic nitrogens is 2. The first-order valence-electron chi connectivity index (χ1n) is 6.24. The Balaban J connectivity index is 2.26. The third kappa shape index (κ3) is 2.69. The fourth-order valence-electron chi connectivity index (χ4n) is 2.22. The maximum absolute atomic E-state index is 12.1. The highest BCUT2D eigenvalue weighted by Gasteiger charge is 2.28. The molecular weight excluding hydrogens is 284 g/mol. The van der Waals surface area contributed by atoms with Gasteiger partial charge in [0.2, 0.25) is 10.0 Å². The molecule has 0 aromatic carbocycles. The molecule has 2 rings (SSSR count). The summed E-state index contributed by atoms with van der Waals surface area (Å²) < 4.78 is 28.5. The lowest BCUT2D eigenvalue weighted by Crippen LogP contribution is -2.45. The third-order valence-corrected chi connectivity index (χ3v) is 4.94. The Bertz CT molecular complexity index is 728. The second-order valence-electron chi connectivity index (χ2n) is 5.20. The van der Waals surface area contributed by atoms with E-state index in [0.29, 0.717) is 0 Å². The first-order valence-corrected chi connectivity index (χ1v) is 7.72. The number of aryl methyl sites for hydroxylation is 1. The highest BCUT2D eigenvalue weighted by atomic mass is 32.2. The molecule has 0 bridgehead atoms. The highest BCUT2D eigenvalue weighted by Crippen LogP contribution is 2.24. The van der Waals surface area contributed by atoms with Gasteiger partial charge in [0, 0.05) is 32.9 Å². The van der Waals surface area contributed by atoms with Crippen LogP contribution in [0.2, 0.25) is 0 Å². The van der Waals surface area contributed by atoms with Crippen LogP contribution in [0.25, 0.3) is 0 Å². The zero-order valence-electron chi connectivity index (χ0n) is 11.4. The summed E-state index contributed by atoms with van der Waals surface area (Å²) in [6.45, 7) is 0.252. The molecule has 0 unspecified atom stereocenters. The molecular formula is C11H18N4O4S. The van der Waals surface area contributed by atoms with E-state index in [0.717, 1.165) is 28.2 Å². The molecule has 1 heterocycles. The fourth-order valence-corrected chi connectivity index (χ4v) is 3.49. The Morgan fingerprint density at radius 3 is 2.50 bits per heavy atom. The molecule has 0 spiro atoms. The number of nitrogens with zero attached hydrogens (tertiary/aromatic N) is 2. The average molecular weight is 302 g/mol. The number of nitrogens with one attached hydrogen (secondary N) is 1. The van der Waals surface area contributed by atoms with Crippen molar-refractivity contribution >= 4 is 10.0 Å². The minimum Gasteiger partial charge on any atom is -0.328 e. The molecule has 1 saturated carbocycles. The quantitative estimate of drug-likeness (QED) is 0.674. The van der Waals surface area contributed by atoms with Gasteiger partial charge in [0.1, 0.15) is 0 Å². The third-order valence-electron chi connectivity index (χ3n) is 3.54. The largest absolute Gasteiger partial charge is 0.330 e. The van der Waals surface area contributed by atoms with Crippen LogP contribution in [0.5, 0.6) is 0 Å². The van der Waals surface area contributed by atoms with Gasteiger partial charge in [-0.2, -0.15) is 0 Å². The number of nitrogens with two attached hydrogens (primary N) is 1. The van der Waals surface area contributed by atoms with Crippen LogP contribution < -0.4 is 21.7 Å². The molecule has 3 N–H and O–H groups in total. The molecule has 112 valence electrons. The molecule has 1 aromatic rings. The van der Waals surface area contributed by atoms with Crippen LogP contribution in [0.1, 0.15) is 12.8 Å². The molecule has 9 heteroatoms. The molecule has 1 aliphatic carbocycles. The van der Waals surface area contributed by atoms with E-state index in [1.54, 1.807) is 0 Å². The zero-order chi connectivity index (χ0) is 15.1. The normalized spacial score (nSPS) is 22.6. The van der Waals surface area contributed by atoms with E-state index in [1.165, 1.54) is 14.1 Å². The summed E-state index contributed by atoms with van der Waals surface area (Å²) >= 11 is 0. The maximum Gasteiger partial charge on any atom is 0.330 e. The van der Waals surface area contributed by atoms with Crippen molar-refractivity contribution < 1.29 is 8.42 Å². The standard InChI is InChI=1S/C11H18N4O4S/c1-14-6-9(10(16)15(2)11(14)17)20(18,19)13-5-7-3-8(12)4-7/h6-8,13H,3-5,12H2,1-2H3. The molecule has 0 aliphatic heterocycles. The van der Waals surface area contributed by atoms with Crippen LogP contribution in [-0.2, 0) is 24.1 Å². The predicted molar refractivity (Wildman–Crippen MR) is 72.8 cm³/mol. The molecule has 1 fully saturated rings. The van der Waals surface area contributed by atoms with Gasteiger partial charge in [0.05, 0.1) is 0 Å². The summed E-state index contributed by atoms with van der Waals surface area (Å²) in [6, 6.07) is 0.134. The van der Waals surface area contributed by atoms with Gasteiger partial charge in [0.25, 0.3) is 5.56 Å². The summed E-state index contributed by atoms with van der Waals surface area (Å²) in [5.74, 6) is 0.205. The van der Waals surface area contributed by atoms with E-state index in [9.17, 15) is 18.0 Å². The van der Waals surface area contributed by atoms with Crippen molar-refractivity contribution in [1.82, 2.24) is 13.9 Å². The van der Waals surface area contributed by atoms with E-state index < -0.39 is 26.2 Å². The van der Waals surface area contributed by atoms with Gasteiger partial charge in [-0.1, -0.05) is 0 Å². The van der Waals surface area contributed by atoms with Crippen LogP contribution in [0.4, 0.5) is 0 Å². The van der Waals surface area contributed by atoms with Crippen LogP contribution in [0.3, 0.4) is 0 Å². The van der Waals surface area contributed by atoms with Crippen molar-refractivity contribution in [3.63, 3.8) is 0 Å². The first kappa shape index (κ1) is 14.9. The van der Waals surface area contributed by atoms with E-state index in [2.05, 4.69) is 4.72 Å². The van der Waals surface area contributed by atoms with E-state index in [4.69, 9.17) is 5.73 Å². The predicted octanol–water partition coefficient (Wildman–Crippen LogP) is -1.90. The molecule has 1 aromatic heterocycles. The van der Waals surface area contributed by atoms with Gasteiger partial charge >= 0.3 is 5.69 Å². The summed E-state index contributed by atoms with van der Waals surface area (Å²) in [6.07, 6.45) is 2.58. The second-order valence-corrected chi connectivity index (χ2v) is 6.94. The van der Waals surface area contributed by atoms with Gasteiger partial charge in [-0.25, -0.2) is 17.9 Å². The molecule has 20 heavy (non-hydrogen) atoms. The molecule has 0 radical (unpaired) electrons. The van der Waals surface area contributed by atoms with E-state index in [1.807, 2.05) is 0 Å². The van der Waals surface area contributed by atoms with Crippen LogP contribution in [-0.4, -0.2) is 30.1 Å². The molecule has 1 aliphatic rings. The Morgan fingerprint density at radius 1 is 1.35 bits per heavy atom. The van der Waals surface area contributed by atoms with Gasteiger partial charge in [-0.3, -0.25) is 9.36 Å². The summed E-state index contributed by atoms with van der Waals surface area (Å²) in [5, 5.41) is 0. The average Bonchev–Trinajstić information content (AvgIpc) is 2.35. The lowest BCUT2D eigenvalue weighted by atomic mass is 9.81. The number of sulfonamides is 1. The van der Waals surface area contributed by atoms with Gasteiger partial charge < -0.3 is 10.3 Å². The molecule has 0 atom stereocenters. The fraction of sp³-hybridized carbons (Fsp3) is 0.636. The van der Waals surface area contributed by atoms with Crippen molar-refractivity contribution in [2.24, 2.45) is 25.7 Å². The van der Waals surface area contributed by atoms with E-state index >= 15 is 0 Å². The minimum atomic E-state index is -3.93. The Kier molecular flexibility index (Phi) is 3.85. The lowest BCUT2D eigenvalue weighted by molar-refractivity contribution is 0.267. The van der Waals surface area contributed by atoms with Crippen LogP contribution >= 0.6 is 0 Å². The SMILES string of the molecule is Cn1cc(S(=O)(=O)NCC2CC(N)C2)c(=O)n(C)c1=O. The topological polar surface area (TPSA) is 116 Å². The molecule has 0 amide bonds. The Morgan fingerprint density at radius 2 is 1.95 bits per heavy atom. The van der Waals surface area contributed by atoms with Crippen LogP contribution in [0.15, 0.2) is 20.7 Å². The monoisotopic (exact) mass is 302 g/mol. The number of rotatable bonds is 4. The van der Waals surface area contributed by atoms with Gasteiger partial charge in [-0.05, 0) is 18.8 Å². The summed E-state index contributed by atoms with van der Waals surface area (Å²) in [7, 11) is -1.29. The Labute approximate surface area is 116 Å². The van der Waals surface area contributed by atoms with Gasteiger partial charge in [0.15, 0.2) is 4.90 Å². The summed E-state index contributed by atoms with van der Waals surface area (Å²) in [5.41, 5.74) is 4.23. The second kappa shape index (κ2) is 5.15. The molecule has 8 nitrogen and oxygen atoms in total. The van der Waals surface area contributed by atoms with E-state index in [-0.39, 0.29) is 18.5 Å². The zero-order valence-corrected chi connectivity index (χ0v) is 12.2. The van der Waals surface area contributed by atoms with Crippen LogP contribution in [0, 0.1) is 5.92 Å². The first-order chi connectivity index (χ1) is 9.22. The minimum absolute atomic E-state index is 0.134. The number of hydrogen-bond donors (Lipinski definition) is 2.